The molecule has 0 aliphatic carbocycles. The highest BCUT2D eigenvalue weighted by molar-refractivity contribution is 5.83. The van der Waals surface area contributed by atoms with Crippen molar-refractivity contribution in [2.45, 2.75) is 26.4 Å². The van der Waals surface area contributed by atoms with Crippen LogP contribution in [-0.2, 0) is 17.4 Å². The summed E-state index contributed by atoms with van der Waals surface area (Å²) >= 11 is 0. The number of carbonyl (C=O) groups excluding carboxylic acids is 1. The molecule has 27 heavy (non-hydrogen) atoms. The van der Waals surface area contributed by atoms with Gasteiger partial charge < -0.3 is 4.90 Å². The minimum absolute atomic E-state index is 0.178. The van der Waals surface area contributed by atoms with Crippen LogP contribution in [0.15, 0.2) is 53.6 Å². The van der Waals surface area contributed by atoms with E-state index in [1.165, 1.54) is 18.3 Å². The second-order valence-corrected chi connectivity index (χ2v) is 5.93. The average molecular weight is 377 g/mol. The lowest BCUT2D eigenvalue weighted by molar-refractivity contribution is -0.137. The maximum Gasteiger partial charge on any atom is 0.416 e. The van der Waals surface area contributed by atoms with Crippen molar-refractivity contribution in [3.63, 3.8) is 0 Å². The summed E-state index contributed by atoms with van der Waals surface area (Å²) in [4.78, 5) is 14.1. The SMILES string of the molecule is CCN(CC)c1ccc(/C=N\NC(=O)Cc2cccc(C(F)(F)F)c2)cc1. The Morgan fingerprint density at radius 1 is 1.11 bits per heavy atom. The minimum atomic E-state index is -4.43. The normalized spacial score (nSPS) is 11.6. The van der Waals surface area contributed by atoms with E-state index in [-0.39, 0.29) is 12.0 Å². The second-order valence-electron chi connectivity index (χ2n) is 5.93. The highest BCUT2D eigenvalue weighted by Gasteiger charge is 2.30. The predicted molar refractivity (Wildman–Crippen MR) is 101 cm³/mol. The van der Waals surface area contributed by atoms with Gasteiger partial charge in [0.25, 0.3) is 0 Å². The topological polar surface area (TPSA) is 44.7 Å². The van der Waals surface area contributed by atoms with Gasteiger partial charge in [-0.2, -0.15) is 18.3 Å². The number of carbonyl (C=O) groups is 1. The summed E-state index contributed by atoms with van der Waals surface area (Å²) in [6.45, 7) is 5.99. The Hall–Kier alpha value is -2.83. The third-order valence-corrected chi connectivity index (χ3v) is 4.04. The van der Waals surface area contributed by atoms with Crippen LogP contribution < -0.4 is 10.3 Å². The lowest BCUT2D eigenvalue weighted by Gasteiger charge is -2.20. The van der Waals surface area contributed by atoms with Crippen LogP contribution in [0.25, 0.3) is 0 Å². The molecule has 2 aromatic rings. The summed E-state index contributed by atoms with van der Waals surface area (Å²) in [5.74, 6) is -0.481. The molecule has 0 bridgehead atoms. The number of alkyl halides is 3. The van der Waals surface area contributed by atoms with Crippen molar-refractivity contribution >= 4 is 17.8 Å². The van der Waals surface area contributed by atoms with Gasteiger partial charge in [-0.15, -0.1) is 0 Å². The van der Waals surface area contributed by atoms with E-state index in [1.54, 1.807) is 0 Å². The molecule has 0 unspecified atom stereocenters. The lowest BCUT2D eigenvalue weighted by atomic mass is 10.1. The zero-order chi connectivity index (χ0) is 19.9. The van der Waals surface area contributed by atoms with E-state index in [2.05, 4.69) is 29.3 Å². The first kappa shape index (κ1) is 20.5. The van der Waals surface area contributed by atoms with Crippen molar-refractivity contribution in [3.8, 4) is 0 Å². The van der Waals surface area contributed by atoms with Crippen LogP contribution in [-0.4, -0.2) is 25.2 Å². The molecule has 1 amide bonds. The summed E-state index contributed by atoms with van der Waals surface area (Å²) in [5.41, 5.74) is 3.75. The summed E-state index contributed by atoms with van der Waals surface area (Å²) in [6, 6.07) is 12.4. The first-order valence-corrected chi connectivity index (χ1v) is 8.66. The zero-order valence-corrected chi connectivity index (χ0v) is 15.3. The molecule has 0 radical (unpaired) electrons. The molecule has 0 aromatic heterocycles. The van der Waals surface area contributed by atoms with Crippen LogP contribution in [0.4, 0.5) is 18.9 Å². The van der Waals surface area contributed by atoms with Gasteiger partial charge in [-0.05, 0) is 43.2 Å². The number of halogens is 3. The summed E-state index contributed by atoms with van der Waals surface area (Å²) < 4.78 is 38.1. The summed E-state index contributed by atoms with van der Waals surface area (Å²) in [7, 11) is 0. The number of rotatable bonds is 7. The van der Waals surface area contributed by atoms with Gasteiger partial charge in [0.1, 0.15) is 0 Å². The fourth-order valence-electron chi connectivity index (χ4n) is 2.62. The van der Waals surface area contributed by atoms with Gasteiger partial charge in [-0.3, -0.25) is 4.79 Å². The molecule has 7 heteroatoms. The standard InChI is InChI=1S/C20H22F3N3O/c1-3-26(4-2)18-10-8-15(9-11-18)14-24-25-19(27)13-16-6-5-7-17(12-16)20(21,22)23/h5-12,14H,3-4,13H2,1-2H3,(H,25,27)/b24-14-. The second kappa shape index (κ2) is 9.21. The molecular formula is C20H22F3N3O. The number of hydrogen-bond donors (Lipinski definition) is 1. The van der Waals surface area contributed by atoms with Gasteiger partial charge in [0.2, 0.25) is 5.91 Å². The smallest absolute Gasteiger partial charge is 0.372 e. The molecule has 0 saturated carbocycles. The van der Waals surface area contributed by atoms with E-state index >= 15 is 0 Å². The quantitative estimate of drug-likeness (QED) is 0.579. The Bertz CT molecular complexity index is 782. The zero-order valence-electron chi connectivity index (χ0n) is 15.3. The Labute approximate surface area is 156 Å². The van der Waals surface area contributed by atoms with Gasteiger partial charge in [0.15, 0.2) is 0 Å². The summed E-state index contributed by atoms with van der Waals surface area (Å²) in [5, 5.41) is 3.86. The maximum atomic E-state index is 12.7. The van der Waals surface area contributed by atoms with Crippen molar-refractivity contribution in [2.75, 3.05) is 18.0 Å². The van der Waals surface area contributed by atoms with Gasteiger partial charge >= 0.3 is 6.18 Å². The van der Waals surface area contributed by atoms with Crippen LogP contribution >= 0.6 is 0 Å². The first-order chi connectivity index (χ1) is 12.8. The van der Waals surface area contributed by atoms with Gasteiger partial charge in [-0.1, -0.05) is 30.3 Å². The Morgan fingerprint density at radius 2 is 1.78 bits per heavy atom. The third kappa shape index (κ3) is 6.13. The van der Waals surface area contributed by atoms with Gasteiger partial charge in [-0.25, -0.2) is 5.43 Å². The van der Waals surface area contributed by atoms with Crippen LogP contribution in [0.3, 0.4) is 0 Å². The van der Waals surface area contributed by atoms with E-state index in [1.807, 2.05) is 24.3 Å². The molecule has 0 saturated heterocycles. The van der Waals surface area contributed by atoms with E-state index < -0.39 is 17.6 Å². The van der Waals surface area contributed by atoms with Crippen molar-refractivity contribution in [1.29, 1.82) is 0 Å². The number of amides is 1. The fraction of sp³-hybridized carbons (Fsp3) is 0.300. The Kier molecular flexibility index (Phi) is 6.98. The molecule has 0 atom stereocenters. The monoisotopic (exact) mass is 377 g/mol. The first-order valence-electron chi connectivity index (χ1n) is 8.66. The van der Waals surface area contributed by atoms with Crippen LogP contribution in [0.5, 0.6) is 0 Å². The van der Waals surface area contributed by atoms with E-state index in [9.17, 15) is 18.0 Å². The molecule has 0 aliphatic rings. The molecular weight excluding hydrogens is 355 g/mol. The minimum Gasteiger partial charge on any atom is -0.372 e. The van der Waals surface area contributed by atoms with Gasteiger partial charge in [0.05, 0.1) is 18.2 Å². The molecule has 144 valence electrons. The maximum absolute atomic E-state index is 12.7. The number of anilines is 1. The van der Waals surface area contributed by atoms with Crippen molar-refractivity contribution in [1.82, 2.24) is 5.43 Å². The molecule has 2 rings (SSSR count). The number of nitrogens with zero attached hydrogens (tertiary/aromatic N) is 2. The predicted octanol–water partition coefficient (Wildman–Crippen LogP) is 4.24. The highest BCUT2D eigenvalue weighted by Crippen LogP contribution is 2.29. The van der Waals surface area contributed by atoms with Gasteiger partial charge in [0, 0.05) is 18.8 Å². The number of hydrogen-bond acceptors (Lipinski definition) is 3. The van der Waals surface area contributed by atoms with Crippen molar-refractivity contribution < 1.29 is 18.0 Å². The molecule has 0 spiro atoms. The van der Waals surface area contributed by atoms with Crippen LogP contribution in [0.2, 0.25) is 0 Å². The van der Waals surface area contributed by atoms with E-state index in [0.717, 1.165) is 36.5 Å². The Morgan fingerprint density at radius 3 is 2.37 bits per heavy atom. The van der Waals surface area contributed by atoms with Crippen LogP contribution in [0, 0.1) is 0 Å². The highest BCUT2D eigenvalue weighted by atomic mass is 19.4. The molecule has 0 fully saturated rings. The van der Waals surface area contributed by atoms with E-state index in [4.69, 9.17) is 0 Å². The number of hydrazone groups is 1. The van der Waals surface area contributed by atoms with Crippen molar-refractivity contribution in [3.05, 3.63) is 65.2 Å². The lowest BCUT2D eigenvalue weighted by Crippen LogP contribution is -2.21. The average Bonchev–Trinajstić information content (AvgIpc) is 2.63. The number of nitrogens with one attached hydrogen (secondary N) is 1. The Balaban J connectivity index is 1.92. The largest absolute Gasteiger partial charge is 0.416 e. The van der Waals surface area contributed by atoms with Crippen molar-refractivity contribution in [2.24, 2.45) is 5.10 Å². The molecule has 0 heterocycles. The number of benzene rings is 2. The molecule has 1 N–H and O–H groups in total. The molecule has 0 aliphatic heterocycles. The molecule has 2 aromatic carbocycles. The third-order valence-electron chi connectivity index (χ3n) is 4.04. The van der Waals surface area contributed by atoms with Crippen LogP contribution in [0.1, 0.15) is 30.5 Å². The molecule has 4 nitrogen and oxygen atoms in total. The summed E-state index contributed by atoms with van der Waals surface area (Å²) in [6.07, 6.45) is -3.11. The fourth-order valence-corrected chi connectivity index (χ4v) is 2.62. The van der Waals surface area contributed by atoms with E-state index in [0.29, 0.717) is 0 Å².